The molecule has 0 heterocycles. The first-order valence-corrected chi connectivity index (χ1v) is 11.3. The quantitative estimate of drug-likeness (QED) is 0.0816. The third-order valence-electron chi connectivity index (χ3n) is 4.32. The van der Waals surface area contributed by atoms with Crippen LogP contribution in [0.3, 0.4) is 0 Å². The second-order valence-electron chi connectivity index (χ2n) is 7.53. The fourth-order valence-corrected chi connectivity index (χ4v) is 2.30. The van der Waals surface area contributed by atoms with Crippen LogP contribution in [0.4, 0.5) is 0 Å². The maximum Gasteiger partial charge on any atom is 1.00 e. The van der Waals surface area contributed by atoms with Crippen molar-refractivity contribution in [3.05, 3.63) is 0 Å². The van der Waals surface area contributed by atoms with Gasteiger partial charge < -0.3 is 40.7 Å². The largest absolute Gasteiger partial charge is 1.00 e. The van der Waals surface area contributed by atoms with E-state index in [1.54, 1.807) is 0 Å². The molecule has 0 amide bonds. The van der Waals surface area contributed by atoms with Crippen molar-refractivity contribution >= 4 is 35.8 Å². The number of hydrogen-bond donors (Lipinski definition) is 2. The van der Waals surface area contributed by atoms with Crippen LogP contribution >= 0.6 is 0 Å². The minimum Gasteiger partial charge on any atom is -0.550 e. The van der Waals surface area contributed by atoms with Crippen LogP contribution in [0, 0.1) is 0 Å². The molecule has 0 spiro atoms. The summed E-state index contributed by atoms with van der Waals surface area (Å²) in [4.78, 5) is 65.0. The number of ether oxygens (including phenoxy) is 2. The Morgan fingerprint density at radius 3 is 1.17 bits per heavy atom. The normalized spacial score (nSPS) is 11.2. The monoisotopic (exact) mass is 534 g/mol. The van der Waals surface area contributed by atoms with Gasteiger partial charge in [-0.05, 0) is 38.5 Å². The summed E-state index contributed by atoms with van der Waals surface area (Å²) in [6.45, 7) is 3.98. The predicted molar refractivity (Wildman–Crippen MR) is 115 cm³/mol. The smallest absolute Gasteiger partial charge is 0.550 e. The van der Waals surface area contributed by atoms with Crippen molar-refractivity contribution in [2.24, 2.45) is 11.5 Å². The van der Waals surface area contributed by atoms with Gasteiger partial charge in [-0.3, -0.25) is 9.59 Å². The van der Waals surface area contributed by atoms with E-state index in [0.29, 0.717) is 12.8 Å². The van der Waals surface area contributed by atoms with Crippen molar-refractivity contribution in [2.45, 2.75) is 103 Å². The fraction of sp³-hybridized carbons (Fsp3) is 0.727. The van der Waals surface area contributed by atoms with Crippen LogP contribution in [-0.4, -0.2) is 47.9 Å². The van der Waals surface area contributed by atoms with Gasteiger partial charge in [0.25, 0.3) is 0 Å². The number of rotatable bonds is 16. The van der Waals surface area contributed by atoms with Gasteiger partial charge in [-0.1, -0.05) is 39.5 Å². The van der Waals surface area contributed by atoms with Crippen molar-refractivity contribution < 1.29 is 108 Å². The maximum atomic E-state index is 11.2. The zero-order valence-corrected chi connectivity index (χ0v) is 25.9. The summed E-state index contributed by atoms with van der Waals surface area (Å²) in [5.41, 5.74) is 10.7. The van der Waals surface area contributed by atoms with E-state index in [4.69, 9.17) is 11.5 Å². The Labute approximate surface area is 256 Å². The molecule has 0 saturated heterocycles. The molecule has 0 aliphatic carbocycles. The van der Waals surface area contributed by atoms with Crippen molar-refractivity contribution in [1.29, 1.82) is 0 Å². The van der Waals surface area contributed by atoms with Crippen molar-refractivity contribution in [3.8, 4) is 0 Å². The fourth-order valence-electron chi connectivity index (χ4n) is 2.30. The van der Waals surface area contributed by atoms with E-state index in [1.165, 1.54) is 0 Å². The van der Waals surface area contributed by atoms with Gasteiger partial charge in [-0.15, -0.1) is 0 Å². The predicted octanol–water partition coefficient (Wildman–Crippen LogP) is -7.00. The minimum atomic E-state index is -1.29. The molecule has 196 valence electrons. The third kappa shape index (κ3) is 27.7. The number of carboxylic acids is 2. The van der Waals surface area contributed by atoms with Crippen LogP contribution < -0.4 is 80.8 Å². The number of nitrogens with two attached hydrogens (primary N) is 2. The van der Waals surface area contributed by atoms with Crippen LogP contribution in [0.1, 0.15) is 90.9 Å². The number of carbonyl (C=O) groups is 6. The molecule has 0 aliphatic rings. The SMILES string of the molecule is CCCCCC(=O)OC(=O)[C@@H](N)CCC(=O)[O-].CCCCCC(=O)OC(=O)[C@@H](N)CCC(=O)[O-].[Na+].[Na+]. The zero-order chi connectivity index (χ0) is 26.5. The van der Waals surface area contributed by atoms with Crippen LogP contribution in [0.2, 0.25) is 0 Å². The Bertz CT molecular complexity index is 621. The first kappa shape index (κ1) is 42.2. The van der Waals surface area contributed by atoms with E-state index < -0.39 is 47.9 Å². The molecule has 0 unspecified atom stereocenters. The maximum absolute atomic E-state index is 11.2. The average Bonchev–Trinajstić information content (AvgIpc) is 2.76. The summed E-state index contributed by atoms with van der Waals surface area (Å²) in [5, 5.41) is 20.3. The number of unbranched alkanes of at least 4 members (excludes halogenated alkanes) is 4. The summed E-state index contributed by atoms with van der Waals surface area (Å²) in [6.07, 6.45) is 4.53. The van der Waals surface area contributed by atoms with Gasteiger partial charge in [0.1, 0.15) is 12.1 Å². The molecule has 4 N–H and O–H groups in total. The van der Waals surface area contributed by atoms with E-state index >= 15 is 0 Å². The molecule has 0 bridgehead atoms. The number of aliphatic carboxylic acids is 2. The van der Waals surface area contributed by atoms with E-state index in [1.807, 2.05) is 13.8 Å². The third-order valence-corrected chi connectivity index (χ3v) is 4.32. The van der Waals surface area contributed by atoms with E-state index in [2.05, 4.69) is 9.47 Å². The Morgan fingerprint density at radius 2 is 0.917 bits per heavy atom. The molecule has 14 heteroatoms. The summed E-state index contributed by atoms with van der Waals surface area (Å²) in [7, 11) is 0. The van der Waals surface area contributed by atoms with Crippen molar-refractivity contribution in [2.75, 3.05) is 0 Å². The molecular weight excluding hydrogens is 498 g/mol. The molecule has 0 aromatic heterocycles. The van der Waals surface area contributed by atoms with Gasteiger partial charge in [-0.2, -0.15) is 0 Å². The first-order chi connectivity index (χ1) is 15.9. The molecule has 0 aromatic carbocycles. The topological polar surface area (TPSA) is 219 Å². The molecular formula is C22H36N2Na2O10. The molecule has 0 saturated carbocycles. The van der Waals surface area contributed by atoms with E-state index in [0.717, 1.165) is 25.7 Å². The van der Waals surface area contributed by atoms with Crippen molar-refractivity contribution in [1.82, 2.24) is 0 Å². The molecule has 0 aromatic rings. The van der Waals surface area contributed by atoms with Crippen LogP contribution in [0.15, 0.2) is 0 Å². The van der Waals surface area contributed by atoms with Gasteiger partial charge in [-0.25, -0.2) is 9.59 Å². The van der Waals surface area contributed by atoms with Gasteiger partial charge in [0.2, 0.25) is 0 Å². The molecule has 0 aliphatic heterocycles. The summed E-state index contributed by atoms with van der Waals surface area (Å²) in [5.74, 6) is -5.58. The molecule has 0 fully saturated rings. The molecule has 2 atom stereocenters. The average molecular weight is 535 g/mol. The van der Waals surface area contributed by atoms with Crippen LogP contribution in [0.5, 0.6) is 0 Å². The molecule has 36 heavy (non-hydrogen) atoms. The molecule has 0 rings (SSSR count). The number of carbonyl (C=O) groups excluding carboxylic acids is 6. The van der Waals surface area contributed by atoms with Gasteiger partial charge >= 0.3 is 83.0 Å². The Balaban J connectivity index is -0.000000269. The van der Waals surface area contributed by atoms with Gasteiger partial charge in [0, 0.05) is 24.8 Å². The van der Waals surface area contributed by atoms with E-state index in [9.17, 15) is 39.0 Å². The Kier molecular flexibility index (Phi) is 31.9. The first-order valence-electron chi connectivity index (χ1n) is 11.3. The van der Waals surface area contributed by atoms with Crippen LogP contribution in [0.25, 0.3) is 0 Å². The Morgan fingerprint density at radius 1 is 0.611 bits per heavy atom. The second-order valence-corrected chi connectivity index (χ2v) is 7.53. The van der Waals surface area contributed by atoms with E-state index in [-0.39, 0.29) is 97.6 Å². The molecule has 12 nitrogen and oxygen atoms in total. The Hall–Kier alpha value is -0.860. The minimum absolute atomic E-state index is 0. The number of esters is 4. The summed E-state index contributed by atoms with van der Waals surface area (Å²) >= 11 is 0. The summed E-state index contributed by atoms with van der Waals surface area (Å²) in [6, 6.07) is -2.19. The standard InChI is InChI=1S/2C11H19NO5.2Na/c2*1-2-3-4-5-10(15)17-11(16)8(12)6-7-9(13)14;;/h2*8H,2-7,12H2,1H3,(H,13,14);;/q;;2*+1/p-2/t2*8-;;/m00../s1. The van der Waals surface area contributed by atoms with Gasteiger partial charge in [0.05, 0.1) is 0 Å². The van der Waals surface area contributed by atoms with Gasteiger partial charge in [0.15, 0.2) is 0 Å². The molecule has 0 radical (unpaired) electrons. The van der Waals surface area contributed by atoms with Crippen LogP contribution in [-0.2, 0) is 38.2 Å². The zero-order valence-electron chi connectivity index (χ0n) is 21.9. The number of hydrogen-bond acceptors (Lipinski definition) is 12. The summed E-state index contributed by atoms with van der Waals surface area (Å²) < 4.78 is 8.95. The number of carboxylic acid groups (broad SMARTS) is 2. The second kappa shape index (κ2) is 27.2. The van der Waals surface area contributed by atoms with Crippen molar-refractivity contribution in [3.63, 3.8) is 0 Å².